The van der Waals surface area contributed by atoms with Crippen molar-refractivity contribution in [3.05, 3.63) is 0 Å². The first kappa shape index (κ1) is 22.4. The molecule has 0 aromatic heterocycles. The molecule has 0 bridgehead atoms. The summed E-state index contributed by atoms with van der Waals surface area (Å²) in [5.74, 6) is -1.29. The van der Waals surface area contributed by atoms with Gasteiger partial charge in [-0.3, -0.25) is 14.5 Å². The predicted molar refractivity (Wildman–Crippen MR) is 107 cm³/mol. The zero-order valence-electron chi connectivity index (χ0n) is 18.6. The number of esters is 1. The summed E-state index contributed by atoms with van der Waals surface area (Å²) in [6.07, 6.45) is 0.240. The van der Waals surface area contributed by atoms with Gasteiger partial charge >= 0.3 is 12.1 Å². The maximum atomic E-state index is 13.3. The molecule has 0 radical (unpaired) electrons. The summed E-state index contributed by atoms with van der Waals surface area (Å²) in [5.41, 5.74) is -0.739. The molecule has 2 heterocycles. The molecule has 3 amide bonds. The molecular formula is C21H33N3O6. The quantitative estimate of drug-likeness (QED) is 0.639. The summed E-state index contributed by atoms with van der Waals surface area (Å²) in [6.45, 7) is 10.5. The molecule has 3 fully saturated rings. The van der Waals surface area contributed by atoms with Crippen LogP contribution in [0.5, 0.6) is 0 Å². The number of likely N-dealkylation sites (tertiary alicyclic amines) is 1. The Labute approximate surface area is 177 Å². The van der Waals surface area contributed by atoms with Gasteiger partial charge in [-0.25, -0.2) is 9.59 Å². The molecule has 0 spiro atoms. The zero-order valence-corrected chi connectivity index (χ0v) is 18.6. The summed E-state index contributed by atoms with van der Waals surface area (Å²) >= 11 is 0. The van der Waals surface area contributed by atoms with Crippen molar-refractivity contribution in [1.82, 2.24) is 15.5 Å². The molecule has 1 unspecified atom stereocenters. The fourth-order valence-corrected chi connectivity index (χ4v) is 4.86. The van der Waals surface area contributed by atoms with E-state index < -0.39 is 35.7 Å². The predicted octanol–water partition coefficient (Wildman–Crippen LogP) is 1.06. The summed E-state index contributed by atoms with van der Waals surface area (Å²) in [6, 6.07) is -1.66. The van der Waals surface area contributed by atoms with Gasteiger partial charge in [0.1, 0.15) is 17.7 Å². The molecule has 30 heavy (non-hydrogen) atoms. The van der Waals surface area contributed by atoms with Crippen molar-refractivity contribution in [2.24, 2.45) is 23.2 Å². The first-order valence-electron chi connectivity index (χ1n) is 10.5. The third-order valence-electron chi connectivity index (χ3n) is 6.59. The number of methoxy groups -OCH3 is 1. The largest absolute Gasteiger partial charge is 0.467 e. The van der Waals surface area contributed by atoms with Gasteiger partial charge in [-0.1, -0.05) is 13.8 Å². The summed E-state index contributed by atoms with van der Waals surface area (Å²) in [7, 11) is 1.25. The smallest absolute Gasteiger partial charge is 0.410 e. The van der Waals surface area contributed by atoms with E-state index in [1.165, 1.54) is 12.0 Å². The van der Waals surface area contributed by atoms with E-state index in [9.17, 15) is 19.2 Å². The van der Waals surface area contributed by atoms with E-state index in [-0.39, 0.29) is 35.5 Å². The molecule has 0 aromatic carbocycles. The molecule has 3 rings (SSSR count). The third-order valence-corrected chi connectivity index (χ3v) is 6.59. The first-order valence-corrected chi connectivity index (χ1v) is 10.5. The Balaban J connectivity index is 1.75. The van der Waals surface area contributed by atoms with Gasteiger partial charge in [-0.15, -0.1) is 0 Å². The normalized spacial score (nSPS) is 30.2. The number of ether oxygens (including phenoxy) is 2. The highest BCUT2D eigenvalue weighted by Crippen LogP contribution is 2.65. The van der Waals surface area contributed by atoms with Gasteiger partial charge in [0, 0.05) is 19.0 Å². The van der Waals surface area contributed by atoms with Crippen LogP contribution >= 0.6 is 0 Å². The molecule has 9 heteroatoms. The van der Waals surface area contributed by atoms with Gasteiger partial charge in [0.05, 0.1) is 7.11 Å². The molecule has 5 atom stereocenters. The lowest BCUT2D eigenvalue weighted by Crippen LogP contribution is -2.54. The molecule has 1 aliphatic carbocycles. The molecule has 3 aliphatic rings. The number of hydrogen-bond donors (Lipinski definition) is 2. The van der Waals surface area contributed by atoms with Crippen LogP contribution in [0.15, 0.2) is 0 Å². The van der Waals surface area contributed by atoms with Gasteiger partial charge < -0.3 is 20.1 Å². The van der Waals surface area contributed by atoms with Gasteiger partial charge in [-0.05, 0) is 50.9 Å². The van der Waals surface area contributed by atoms with Crippen LogP contribution in [0.2, 0.25) is 0 Å². The number of hydrogen-bond acceptors (Lipinski definition) is 6. The first-order chi connectivity index (χ1) is 13.9. The fourth-order valence-electron chi connectivity index (χ4n) is 4.86. The molecule has 2 aliphatic heterocycles. The van der Waals surface area contributed by atoms with E-state index in [4.69, 9.17) is 9.47 Å². The summed E-state index contributed by atoms with van der Waals surface area (Å²) in [4.78, 5) is 51.7. The van der Waals surface area contributed by atoms with E-state index in [1.54, 1.807) is 20.8 Å². The van der Waals surface area contributed by atoms with Gasteiger partial charge in [0.15, 0.2) is 0 Å². The number of amides is 3. The average Bonchev–Trinajstić information content (AvgIpc) is 3.01. The highest BCUT2D eigenvalue weighted by molar-refractivity contribution is 5.91. The lowest BCUT2D eigenvalue weighted by atomic mass is 9.97. The molecule has 168 valence electrons. The van der Waals surface area contributed by atoms with Gasteiger partial charge in [-0.2, -0.15) is 0 Å². The van der Waals surface area contributed by atoms with E-state index >= 15 is 0 Å². The van der Waals surface area contributed by atoms with Crippen LogP contribution in [0.1, 0.15) is 47.5 Å². The Bertz CT molecular complexity index is 744. The number of nitrogens with zero attached hydrogens (tertiary/aromatic N) is 1. The average molecular weight is 424 g/mol. The molecule has 9 nitrogen and oxygen atoms in total. The second-order valence-corrected chi connectivity index (χ2v) is 10.1. The summed E-state index contributed by atoms with van der Waals surface area (Å²) in [5, 5.41) is 5.49. The third kappa shape index (κ3) is 4.25. The zero-order chi connectivity index (χ0) is 22.4. The van der Waals surface area contributed by atoms with Crippen molar-refractivity contribution in [3.8, 4) is 0 Å². The minimum absolute atomic E-state index is 0.00176. The standard InChI is InChI=1S/C21H33N3O6/c1-20(2,3)30-19(28)24-10-12-14(21(12,4)5)15(24)17(26)23-13(18(27)29-6)9-11-7-8-22-16(11)25/h11-15H,7-10H2,1-6H3,(H,22,25)(H,23,26)/t11-,12-,13-,14?,15-/m0/s1. The summed E-state index contributed by atoms with van der Waals surface area (Å²) < 4.78 is 10.3. The van der Waals surface area contributed by atoms with Crippen LogP contribution in [0.25, 0.3) is 0 Å². The highest BCUT2D eigenvalue weighted by atomic mass is 16.6. The number of fused-ring (bicyclic) bond motifs is 1. The van der Waals surface area contributed by atoms with E-state index in [0.717, 1.165) is 0 Å². The number of nitrogens with one attached hydrogen (secondary N) is 2. The van der Waals surface area contributed by atoms with Crippen LogP contribution in [0.4, 0.5) is 4.79 Å². The Morgan fingerprint density at radius 3 is 2.50 bits per heavy atom. The highest BCUT2D eigenvalue weighted by Gasteiger charge is 2.69. The Hall–Kier alpha value is -2.32. The Morgan fingerprint density at radius 2 is 1.97 bits per heavy atom. The SMILES string of the molecule is COC(=O)[C@H](C[C@@H]1CCNC1=O)NC(=O)[C@@H]1C2[C@H](CN1C(=O)OC(C)(C)C)C2(C)C. The van der Waals surface area contributed by atoms with Gasteiger partial charge in [0.25, 0.3) is 0 Å². The minimum atomic E-state index is -0.947. The van der Waals surface area contributed by atoms with Crippen LogP contribution in [0, 0.1) is 23.2 Å². The molecule has 0 aromatic rings. The molecule has 2 saturated heterocycles. The minimum Gasteiger partial charge on any atom is -0.467 e. The van der Waals surface area contributed by atoms with Crippen LogP contribution in [-0.4, -0.2) is 66.7 Å². The number of carbonyl (C=O) groups is 4. The maximum absolute atomic E-state index is 13.3. The van der Waals surface area contributed by atoms with Crippen LogP contribution < -0.4 is 10.6 Å². The van der Waals surface area contributed by atoms with Crippen molar-refractivity contribution in [2.45, 2.75) is 65.1 Å². The number of piperidine rings is 1. The molecule has 2 N–H and O–H groups in total. The van der Waals surface area contributed by atoms with E-state index in [0.29, 0.717) is 19.5 Å². The Morgan fingerprint density at radius 1 is 1.30 bits per heavy atom. The lowest BCUT2D eigenvalue weighted by molar-refractivity contribution is -0.146. The van der Waals surface area contributed by atoms with E-state index in [1.807, 2.05) is 0 Å². The molecular weight excluding hydrogens is 390 g/mol. The lowest BCUT2D eigenvalue weighted by Gasteiger charge is -2.32. The van der Waals surface area contributed by atoms with Crippen molar-refractivity contribution in [1.29, 1.82) is 0 Å². The van der Waals surface area contributed by atoms with Crippen molar-refractivity contribution in [3.63, 3.8) is 0 Å². The maximum Gasteiger partial charge on any atom is 0.410 e. The fraction of sp³-hybridized carbons (Fsp3) is 0.810. The Kier molecular flexibility index (Phi) is 5.77. The number of carbonyl (C=O) groups excluding carboxylic acids is 4. The van der Waals surface area contributed by atoms with Crippen molar-refractivity contribution >= 4 is 23.9 Å². The van der Waals surface area contributed by atoms with Crippen LogP contribution in [0.3, 0.4) is 0 Å². The monoisotopic (exact) mass is 423 g/mol. The topological polar surface area (TPSA) is 114 Å². The van der Waals surface area contributed by atoms with Crippen molar-refractivity contribution < 1.29 is 28.7 Å². The molecule has 1 saturated carbocycles. The van der Waals surface area contributed by atoms with E-state index in [2.05, 4.69) is 24.5 Å². The van der Waals surface area contributed by atoms with Crippen LogP contribution in [-0.2, 0) is 23.9 Å². The number of rotatable bonds is 5. The van der Waals surface area contributed by atoms with Gasteiger partial charge in [0.2, 0.25) is 11.8 Å². The van der Waals surface area contributed by atoms with Crippen molar-refractivity contribution in [2.75, 3.05) is 20.2 Å². The second-order valence-electron chi connectivity index (χ2n) is 10.1. The second kappa shape index (κ2) is 7.74.